The average molecular weight is 477 g/mol. The van der Waals surface area contributed by atoms with Crippen LogP contribution in [0.3, 0.4) is 0 Å². The molecule has 0 atom stereocenters. The molecule has 0 aliphatic rings. The summed E-state index contributed by atoms with van der Waals surface area (Å²) in [7, 11) is 0. The van der Waals surface area contributed by atoms with Crippen molar-refractivity contribution in [3.8, 4) is 11.1 Å². The fraction of sp³-hybridized carbons (Fsp3) is 0.0417. The predicted molar refractivity (Wildman–Crippen MR) is 125 cm³/mol. The van der Waals surface area contributed by atoms with Crippen LogP contribution >= 0.6 is 11.6 Å². The Morgan fingerprint density at radius 1 is 1.26 bits per heavy atom. The number of hydrogen-bond donors (Lipinski definition) is 3. The van der Waals surface area contributed by atoms with E-state index in [0.717, 1.165) is 5.39 Å². The number of furan rings is 1. The number of rotatable bonds is 4. The number of fused-ring (bicyclic) bond motifs is 4. The van der Waals surface area contributed by atoms with Gasteiger partial charge in [-0.15, -0.1) is 0 Å². The Morgan fingerprint density at radius 3 is 2.91 bits per heavy atom. The second-order valence-electron chi connectivity index (χ2n) is 7.84. The lowest BCUT2D eigenvalue weighted by molar-refractivity contribution is 0.0687. The summed E-state index contributed by atoms with van der Waals surface area (Å²) in [5, 5.41) is 18.8. The van der Waals surface area contributed by atoms with Gasteiger partial charge >= 0.3 is 5.97 Å². The molecule has 0 radical (unpaired) electrons. The Hall–Kier alpha value is -4.37. The van der Waals surface area contributed by atoms with Gasteiger partial charge in [-0.3, -0.25) is 9.89 Å². The standard InChI is InChI=1S/C24H14ClFN4O4/c25-15-6-11-9-28-29-17(11)7-12(15)10-30-18-8-16(26)13-3-5-34-22(13)20(18)19(21(30)24(32)33)14-2-1-4-27-23(14)31/h1-9H,10H2,(H,27,31)(H,28,29)(H,32,33). The van der Waals surface area contributed by atoms with Crippen LogP contribution in [0.25, 0.3) is 43.9 Å². The number of carboxylic acids is 1. The molecule has 168 valence electrons. The molecule has 0 fully saturated rings. The zero-order valence-electron chi connectivity index (χ0n) is 17.2. The minimum Gasteiger partial charge on any atom is -0.477 e. The maximum atomic E-state index is 15.0. The van der Waals surface area contributed by atoms with Crippen molar-refractivity contribution in [2.45, 2.75) is 6.54 Å². The van der Waals surface area contributed by atoms with E-state index in [4.69, 9.17) is 16.0 Å². The molecule has 0 saturated heterocycles. The van der Waals surface area contributed by atoms with Crippen LogP contribution in [-0.4, -0.2) is 30.8 Å². The summed E-state index contributed by atoms with van der Waals surface area (Å²) < 4.78 is 22.0. The van der Waals surface area contributed by atoms with Crippen LogP contribution in [-0.2, 0) is 6.54 Å². The van der Waals surface area contributed by atoms with Gasteiger partial charge in [-0.05, 0) is 42.0 Å². The number of hydrogen-bond acceptors (Lipinski definition) is 4. The van der Waals surface area contributed by atoms with Crippen LogP contribution in [0.1, 0.15) is 16.1 Å². The zero-order valence-corrected chi connectivity index (χ0v) is 18.0. The fourth-order valence-electron chi connectivity index (χ4n) is 4.47. The summed E-state index contributed by atoms with van der Waals surface area (Å²) in [5.41, 5.74) is 1.33. The number of halogens is 2. The van der Waals surface area contributed by atoms with Crippen molar-refractivity contribution in [3.63, 3.8) is 0 Å². The molecule has 3 N–H and O–H groups in total. The molecular formula is C24H14ClFN4O4. The number of carbonyl (C=O) groups is 1. The first-order valence-corrected chi connectivity index (χ1v) is 10.6. The monoisotopic (exact) mass is 476 g/mol. The second-order valence-corrected chi connectivity index (χ2v) is 8.25. The molecule has 0 aliphatic carbocycles. The van der Waals surface area contributed by atoms with Crippen molar-refractivity contribution in [1.29, 1.82) is 0 Å². The normalized spacial score (nSPS) is 11.7. The number of nitrogens with zero attached hydrogens (tertiary/aromatic N) is 2. The van der Waals surface area contributed by atoms with Crippen molar-refractivity contribution in [2.75, 3.05) is 0 Å². The number of aromatic carboxylic acids is 1. The smallest absolute Gasteiger partial charge is 0.353 e. The summed E-state index contributed by atoms with van der Waals surface area (Å²) in [5.74, 6) is -1.86. The van der Waals surface area contributed by atoms with Gasteiger partial charge in [0.05, 0.1) is 39.8 Å². The summed E-state index contributed by atoms with van der Waals surface area (Å²) >= 11 is 6.50. The van der Waals surface area contributed by atoms with Crippen molar-refractivity contribution < 1.29 is 18.7 Å². The molecule has 0 unspecified atom stereocenters. The quantitative estimate of drug-likeness (QED) is 0.325. The minimum absolute atomic E-state index is 0.00230. The SMILES string of the molecule is O=C(O)c1c(-c2ccc[nH]c2=O)c2c3occc3c(F)cc2n1Cc1cc2[nH]ncc2cc1Cl. The molecule has 0 amide bonds. The highest BCUT2D eigenvalue weighted by atomic mass is 35.5. The van der Waals surface area contributed by atoms with E-state index in [0.29, 0.717) is 21.5 Å². The molecule has 34 heavy (non-hydrogen) atoms. The Balaban J connectivity index is 1.75. The Bertz CT molecular complexity index is 1830. The molecular weight excluding hydrogens is 463 g/mol. The molecule has 0 bridgehead atoms. The summed E-state index contributed by atoms with van der Waals surface area (Å²) in [6.07, 6.45) is 4.40. The van der Waals surface area contributed by atoms with E-state index in [1.807, 2.05) is 0 Å². The van der Waals surface area contributed by atoms with Gasteiger partial charge in [-0.1, -0.05) is 11.6 Å². The molecule has 0 saturated carbocycles. The maximum Gasteiger partial charge on any atom is 0.353 e. The van der Waals surface area contributed by atoms with Crippen molar-refractivity contribution in [1.82, 2.24) is 19.7 Å². The molecule has 6 aromatic rings. The van der Waals surface area contributed by atoms with Crippen LogP contribution in [0, 0.1) is 5.82 Å². The number of aromatic nitrogens is 4. The predicted octanol–water partition coefficient (Wildman–Crippen LogP) is 5.16. The lowest BCUT2D eigenvalue weighted by Gasteiger charge is -2.11. The topological polar surface area (TPSA) is 117 Å². The third-order valence-electron chi connectivity index (χ3n) is 5.94. The highest BCUT2D eigenvalue weighted by molar-refractivity contribution is 6.32. The number of benzene rings is 2. The van der Waals surface area contributed by atoms with E-state index in [-0.39, 0.29) is 39.9 Å². The van der Waals surface area contributed by atoms with Gasteiger partial charge in [0.1, 0.15) is 17.1 Å². The lowest BCUT2D eigenvalue weighted by atomic mass is 10.0. The van der Waals surface area contributed by atoms with Gasteiger partial charge in [0.15, 0.2) is 0 Å². The maximum absolute atomic E-state index is 15.0. The number of carboxylic acid groups (broad SMARTS) is 1. The number of pyridine rings is 1. The highest BCUT2D eigenvalue weighted by Gasteiger charge is 2.29. The molecule has 4 heterocycles. The number of aromatic amines is 2. The van der Waals surface area contributed by atoms with Crippen LogP contribution in [0.15, 0.2) is 64.3 Å². The fourth-order valence-corrected chi connectivity index (χ4v) is 4.70. The van der Waals surface area contributed by atoms with Gasteiger partial charge in [0.2, 0.25) is 0 Å². The van der Waals surface area contributed by atoms with Gasteiger partial charge in [-0.25, -0.2) is 9.18 Å². The third-order valence-corrected chi connectivity index (χ3v) is 6.29. The van der Waals surface area contributed by atoms with E-state index < -0.39 is 17.3 Å². The van der Waals surface area contributed by atoms with Gasteiger partial charge in [0.25, 0.3) is 5.56 Å². The molecule has 4 aromatic heterocycles. The largest absolute Gasteiger partial charge is 0.477 e. The summed E-state index contributed by atoms with van der Waals surface area (Å²) in [6.45, 7) is 0.00230. The first-order valence-electron chi connectivity index (χ1n) is 10.2. The Labute approximate surface area is 194 Å². The van der Waals surface area contributed by atoms with Crippen molar-refractivity contribution >= 4 is 50.3 Å². The first-order chi connectivity index (χ1) is 16.4. The Kier molecular flexibility index (Phi) is 4.36. The van der Waals surface area contributed by atoms with E-state index in [1.54, 1.807) is 24.4 Å². The van der Waals surface area contributed by atoms with Crippen molar-refractivity contribution in [3.05, 3.63) is 87.5 Å². The van der Waals surface area contributed by atoms with E-state index >= 15 is 4.39 Å². The van der Waals surface area contributed by atoms with Gasteiger partial charge in [0, 0.05) is 28.7 Å². The minimum atomic E-state index is -1.28. The van der Waals surface area contributed by atoms with E-state index in [9.17, 15) is 14.7 Å². The van der Waals surface area contributed by atoms with Crippen LogP contribution in [0.2, 0.25) is 5.02 Å². The van der Waals surface area contributed by atoms with Crippen LogP contribution in [0.4, 0.5) is 4.39 Å². The molecule has 0 spiro atoms. The zero-order chi connectivity index (χ0) is 23.6. The first kappa shape index (κ1) is 20.3. The second kappa shape index (κ2) is 7.32. The number of H-pyrrole nitrogens is 2. The Morgan fingerprint density at radius 2 is 2.12 bits per heavy atom. The van der Waals surface area contributed by atoms with Gasteiger partial charge < -0.3 is 19.1 Å². The molecule has 2 aromatic carbocycles. The molecule has 10 heteroatoms. The van der Waals surface area contributed by atoms with Crippen LogP contribution < -0.4 is 5.56 Å². The van der Waals surface area contributed by atoms with Gasteiger partial charge in [-0.2, -0.15) is 5.10 Å². The van der Waals surface area contributed by atoms with Crippen LogP contribution in [0.5, 0.6) is 0 Å². The highest BCUT2D eigenvalue weighted by Crippen LogP contribution is 2.40. The summed E-state index contributed by atoms with van der Waals surface area (Å²) in [6, 6.07) is 9.31. The number of nitrogens with one attached hydrogen (secondary N) is 2. The average Bonchev–Trinajstić information content (AvgIpc) is 3.52. The molecule has 8 nitrogen and oxygen atoms in total. The third kappa shape index (κ3) is 2.87. The summed E-state index contributed by atoms with van der Waals surface area (Å²) in [4.78, 5) is 27.9. The van der Waals surface area contributed by atoms with Crippen molar-refractivity contribution in [2.24, 2.45) is 0 Å². The van der Waals surface area contributed by atoms with E-state index in [1.165, 1.54) is 35.2 Å². The lowest BCUT2D eigenvalue weighted by Crippen LogP contribution is -2.13. The van der Waals surface area contributed by atoms with E-state index in [2.05, 4.69) is 15.2 Å². The molecule has 0 aliphatic heterocycles. The molecule has 6 rings (SSSR count).